The highest BCUT2D eigenvalue weighted by atomic mass is 79.9. The number of benzene rings is 1. The van der Waals surface area contributed by atoms with Crippen LogP contribution in [0.3, 0.4) is 0 Å². The van der Waals surface area contributed by atoms with Crippen molar-refractivity contribution < 1.29 is 9.90 Å². The van der Waals surface area contributed by atoms with Crippen molar-refractivity contribution in [3.05, 3.63) is 46.2 Å². The zero-order chi connectivity index (χ0) is 13.1. The fourth-order valence-corrected chi connectivity index (χ4v) is 1.87. The van der Waals surface area contributed by atoms with Crippen LogP contribution < -0.4 is 5.32 Å². The second kappa shape index (κ2) is 5.22. The Bertz CT molecular complexity index is 580. The van der Waals surface area contributed by atoms with Crippen LogP contribution in [0.5, 0.6) is 5.75 Å². The summed E-state index contributed by atoms with van der Waals surface area (Å²) in [5.74, 6) is -0.381. The smallest absolute Gasteiger partial charge is 0.255 e. The molecular weight excluding hydrogens is 298 g/mol. The molecule has 0 saturated heterocycles. The van der Waals surface area contributed by atoms with Crippen LogP contribution in [0.2, 0.25) is 0 Å². The molecule has 0 aliphatic carbocycles. The van der Waals surface area contributed by atoms with Crippen LogP contribution in [0.25, 0.3) is 0 Å². The van der Waals surface area contributed by atoms with E-state index in [0.29, 0.717) is 6.54 Å². The molecule has 1 aromatic carbocycles. The summed E-state index contributed by atoms with van der Waals surface area (Å²) in [5, 5.41) is 16.5. The Morgan fingerprint density at radius 2 is 2.28 bits per heavy atom. The second-order valence-electron chi connectivity index (χ2n) is 3.82. The van der Waals surface area contributed by atoms with Crippen molar-refractivity contribution in [3.63, 3.8) is 0 Å². The number of carbonyl (C=O) groups is 1. The minimum absolute atomic E-state index is 0.0529. The zero-order valence-corrected chi connectivity index (χ0v) is 11.3. The number of aryl methyl sites for hydroxylation is 1. The summed E-state index contributed by atoms with van der Waals surface area (Å²) < 4.78 is 2.39. The molecule has 1 heterocycles. The largest absolute Gasteiger partial charge is 0.507 e. The molecule has 0 bridgehead atoms. The molecule has 0 atom stereocenters. The molecule has 2 N–H and O–H groups in total. The zero-order valence-electron chi connectivity index (χ0n) is 9.72. The van der Waals surface area contributed by atoms with Gasteiger partial charge in [-0.1, -0.05) is 15.9 Å². The molecule has 0 saturated carbocycles. The maximum Gasteiger partial charge on any atom is 0.255 e. The average Bonchev–Trinajstić information content (AvgIpc) is 2.72. The molecule has 2 rings (SSSR count). The summed E-state index contributed by atoms with van der Waals surface area (Å²) in [6.45, 7) is 0.329. The molecule has 0 fully saturated rings. The first-order valence-electron chi connectivity index (χ1n) is 5.31. The van der Waals surface area contributed by atoms with E-state index in [0.717, 1.165) is 10.2 Å². The minimum atomic E-state index is -0.328. The van der Waals surface area contributed by atoms with Crippen molar-refractivity contribution in [3.8, 4) is 5.75 Å². The summed E-state index contributed by atoms with van der Waals surface area (Å²) in [7, 11) is 1.81. The number of nitrogens with zero attached hydrogens (tertiary/aromatic N) is 2. The highest BCUT2D eigenvalue weighted by molar-refractivity contribution is 9.10. The number of carbonyl (C=O) groups excluding carboxylic acids is 1. The van der Waals surface area contributed by atoms with Crippen molar-refractivity contribution in [2.45, 2.75) is 6.54 Å². The number of aromatic nitrogens is 2. The van der Waals surface area contributed by atoms with Gasteiger partial charge in [0.05, 0.1) is 17.8 Å². The lowest BCUT2D eigenvalue weighted by Crippen LogP contribution is -2.23. The average molecular weight is 310 g/mol. The molecule has 0 radical (unpaired) electrons. The van der Waals surface area contributed by atoms with E-state index in [1.165, 1.54) is 6.07 Å². The van der Waals surface area contributed by atoms with Crippen LogP contribution in [0.15, 0.2) is 34.9 Å². The van der Waals surface area contributed by atoms with E-state index in [-0.39, 0.29) is 17.2 Å². The summed E-state index contributed by atoms with van der Waals surface area (Å²) in [6, 6.07) is 6.57. The molecule has 2 aromatic rings. The van der Waals surface area contributed by atoms with Gasteiger partial charge in [0.2, 0.25) is 0 Å². The topological polar surface area (TPSA) is 67.2 Å². The highest BCUT2D eigenvalue weighted by Crippen LogP contribution is 2.22. The van der Waals surface area contributed by atoms with E-state index in [1.807, 2.05) is 13.1 Å². The molecule has 1 amide bonds. The van der Waals surface area contributed by atoms with E-state index in [1.54, 1.807) is 23.0 Å². The van der Waals surface area contributed by atoms with Gasteiger partial charge in [0, 0.05) is 17.7 Å². The van der Waals surface area contributed by atoms with Crippen LogP contribution in [0.1, 0.15) is 16.1 Å². The van der Waals surface area contributed by atoms with Gasteiger partial charge in [-0.05, 0) is 24.3 Å². The Balaban J connectivity index is 2.03. The molecular formula is C12H12BrN3O2. The Labute approximate surface area is 113 Å². The first-order valence-corrected chi connectivity index (χ1v) is 6.11. The SMILES string of the molecule is Cn1ccc(CNC(=O)c2ccc(Br)cc2O)n1. The van der Waals surface area contributed by atoms with E-state index in [9.17, 15) is 9.90 Å². The molecule has 0 unspecified atom stereocenters. The fraction of sp³-hybridized carbons (Fsp3) is 0.167. The second-order valence-corrected chi connectivity index (χ2v) is 4.74. The molecule has 6 heteroatoms. The molecule has 1 aromatic heterocycles. The van der Waals surface area contributed by atoms with Crippen molar-refractivity contribution in [1.29, 1.82) is 0 Å². The van der Waals surface area contributed by atoms with Crippen LogP contribution >= 0.6 is 15.9 Å². The van der Waals surface area contributed by atoms with Crippen molar-refractivity contribution in [2.75, 3.05) is 0 Å². The van der Waals surface area contributed by atoms with Gasteiger partial charge in [-0.3, -0.25) is 9.48 Å². The van der Waals surface area contributed by atoms with Gasteiger partial charge in [-0.25, -0.2) is 0 Å². The number of nitrogens with one attached hydrogen (secondary N) is 1. The maximum absolute atomic E-state index is 11.8. The van der Waals surface area contributed by atoms with Crippen molar-refractivity contribution in [2.24, 2.45) is 7.05 Å². The molecule has 0 spiro atoms. The summed E-state index contributed by atoms with van der Waals surface area (Å²) >= 11 is 3.22. The number of amides is 1. The number of hydrogen-bond donors (Lipinski definition) is 2. The molecule has 5 nitrogen and oxygen atoms in total. The first-order chi connectivity index (χ1) is 8.56. The first kappa shape index (κ1) is 12.6. The Morgan fingerprint density at radius 1 is 1.50 bits per heavy atom. The third-order valence-electron chi connectivity index (χ3n) is 2.40. The normalized spacial score (nSPS) is 10.3. The molecule has 18 heavy (non-hydrogen) atoms. The lowest BCUT2D eigenvalue weighted by molar-refractivity contribution is 0.0947. The van der Waals surface area contributed by atoms with Gasteiger partial charge in [-0.15, -0.1) is 0 Å². The van der Waals surface area contributed by atoms with Gasteiger partial charge in [0.25, 0.3) is 5.91 Å². The molecule has 0 aliphatic heterocycles. The lowest BCUT2D eigenvalue weighted by Gasteiger charge is -2.05. The van der Waals surface area contributed by atoms with Gasteiger partial charge in [-0.2, -0.15) is 5.10 Å². The predicted octanol–water partition coefficient (Wildman–Crippen LogP) is 1.82. The molecule has 0 aliphatic rings. The van der Waals surface area contributed by atoms with Gasteiger partial charge in [0.15, 0.2) is 0 Å². The summed E-state index contributed by atoms with van der Waals surface area (Å²) in [5.41, 5.74) is 1.01. The van der Waals surface area contributed by atoms with Gasteiger partial charge in [0.1, 0.15) is 5.75 Å². The summed E-state index contributed by atoms with van der Waals surface area (Å²) in [4.78, 5) is 11.8. The van der Waals surface area contributed by atoms with E-state index >= 15 is 0 Å². The third-order valence-corrected chi connectivity index (χ3v) is 2.90. The lowest BCUT2D eigenvalue weighted by atomic mass is 10.2. The van der Waals surface area contributed by atoms with E-state index in [2.05, 4.69) is 26.3 Å². The Hall–Kier alpha value is -1.82. The van der Waals surface area contributed by atoms with Crippen molar-refractivity contribution in [1.82, 2.24) is 15.1 Å². The fourth-order valence-electron chi connectivity index (χ4n) is 1.52. The number of hydrogen-bond acceptors (Lipinski definition) is 3. The maximum atomic E-state index is 11.8. The van der Waals surface area contributed by atoms with E-state index < -0.39 is 0 Å². The monoisotopic (exact) mass is 309 g/mol. The van der Waals surface area contributed by atoms with Crippen molar-refractivity contribution >= 4 is 21.8 Å². The van der Waals surface area contributed by atoms with Crippen LogP contribution in [0, 0.1) is 0 Å². The van der Waals surface area contributed by atoms with Crippen LogP contribution in [-0.4, -0.2) is 20.8 Å². The predicted molar refractivity (Wildman–Crippen MR) is 70.2 cm³/mol. The summed E-state index contributed by atoms with van der Waals surface area (Å²) in [6.07, 6.45) is 1.80. The number of halogens is 1. The van der Waals surface area contributed by atoms with Gasteiger partial charge < -0.3 is 10.4 Å². The highest BCUT2D eigenvalue weighted by Gasteiger charge is 2.11. The minimum Gasteiger partial charge on any atom is -0.507 e. The van der Waals surface area contributed by atoms with Crippen LogP contribution in [0.4, 0.5) is 0 Å². The standard InChI is InChI=1S/C12H12BrN3O2/c1-16-5-4-9(15-16)7-14-12(18)10-3-2-8(13)6-11(10)17/h2-6,17H,7H2,1H3,(H,14,18). The number of aromatic hydroxyl groups is 1. The number of phenolic OH excluding ortho intramolecular Hbond substituents is 1. The van der Waals surface area contributed by atoms with E-state index in [4.69, 9.17) is 0 Å². The Kier molecular flexibility index (Phi) is 3.66. The molecule has 94 valence electrons. The third kappa shape index (κ3) is 2.89. The quantitative estimate of drug-likeness (QED) is 0.909. The van der Waals surface area contributed by atoms with Crippen LogP contribution in [-0.2, 0) is 13.6 Å². The number of phenols is 1. The number of rotatable bonds is 3. The van der Waals surface area contributed by atoms with Gasteiger partial charge >= 0.3 is 0 Å². The Morgan fingerprint density at radius 3 is 2.89 bits per heavy atom.